The zero-order valence-electron chi connectivity index (χ0n) is 10.4. The van der Waals surface area contributed by atoms with Gasteiger partial charge in [-0.15, -0.1) is 0 Å². The van der Waals surface area contributed by atoms with Crippen LogP contribution in [0.2, 0.25) is 0 Å². The number of carbonyl (C=O) groups excluding carboxylic acids is 1. The summed E-state index contributed by atoms with van der Waals surface area (Å²) in [5.41, 5.74) is 1.31. The van der Waals surface area contributed by atoms with E-state index in [4.69, 9.17) is 0 Å². The summed E-state index contributed by atoms with van der Waals surface area (Å²) in [7, 11) is 0. The molecule has 1 aliphatic rings. The number of β-amino-alcohol motifs (C(OH)–C–C–N with tert-alkyl or cyclic N) is 1. The van der Waals surface area contributed by atoms with E-state index in [1.54, 1.807) is 16.7 Å². The first kappa shape index (κ1) is 13.4. The molecule has 1 aromatic rings. The van der Waals surface area contributed by atoms with E-state index in [0.717, 1.165) is 18.6 Å². The van der Waals surface area contributed by atoms with Crippen molar-refractivity contribution in [2.24, 2.45) is 0 Å². The zero-order valence-corrected chi connectivity index (χ0v) is 11.2. The number of aliphatic hydroxyl groups excluding tert-OH is 1. The second-order valence-electron chi connectivity index (χ2n) is 4.57. The second kappa shape index (κ2) is 6.81. The third-order valence-corrected chi connectivity index (χ3v) is 4.06. The lowest BCUT2D eigenvalue weighted by Crippen LogP contribution is -2.31. The van der Waals surface area contributed by atoms with Gasteiger partial charge in [0.05, 0.1) is 11.9 Å². The number of aliphatic hydroxyl groups is 1. The van der Waals surface area contributed by atoms with Gasteiger partial charge in [0.1, 0.15) is 0 Å². The molecule has 1 aromatic carbocycles. The van der Waals surface area contributed by atoms with E-state index in [1.807, 2.05) is 18.2 Å². The van der Waals surface area contributed by atoms with Gasteiger partial charge < -0.3 is 10.0 Å². The van der Waals surface area contributed by atoms with Crippen LogP contribution in [0, 0.1) is 0 Å². The van der Waals surface area contributed by atoms with Gasteiger partial charge in [0.2, 0.25) is 5.91 Å². The summed E-state index contributed by atoms with van der Waals surface area (Å²) < 4.78 is 0. The van der Waals surface area contributed by atoms with Gasteiger partial charge in [-0.3, -0.25) is 4.79 Å². The number of hydrogen-bond acceptors (Lipinski definition) is 3. The number of likely N-dealkylation sites (tertiary alicyclic amines) is 1. The van der Waals surface area contributed by atoms with E-state index in [1.165, 1.54) is 5.56 Å². The summed E-state index contributed by atoms with van der Waals surface area (Å²) in [6.07, 6.45) is 1.41. The highest BCUT2D eigenvalue weighted by atomic mass is 32.2. The average molecular weight is 265 g/mol. The Hall–Kier alpha value is -1.00. The minimum Gasteiger partial charge on any atom is -0.391 e. The number of benzene rings is 1. The maximum Gasteiger partial charge on any atom is 0.232 e. The Kier molecular flexibility index (Phi) is 5.08. The smallest absolute Gasteiger partial charge is 0.232 e. The molecule has 1 N–H and O–H groups in total. The number of carbonyl (C=O) groups is 1. The van der Waals surface area contributed by atoms with Crippen molar-refractivity contribution < 1.29 is 9.90 Å². The number of amides is 1. The topological polar surface area (TPSA) is 40.5 Å². The lowest BCUT2D eigenvalue weighted by molar-refractivity contribution is -0.127. The highest BCUT2D eigenvalue weighted by Crippen LogP contribution is 2.12. The Balaban J connectivity index is 1.62. The van der Waals surface area contributed by atoms with Crippen LogP contribution in [0.25, 0.3) is 0 Å². The second-order valence-corrected chi connectivity index (χ2v) is 5.68. The number of nitrogens with zero attached hydrogens (tertiary/aromatic N) is 1. The van der Waals surface area contributed by atoms with E-state index < -0.39 is 0 Å². The molecule has 18 heavy (non-hydrogen) atoms. The van der Waals surface area contributed by atoms with Crippen molar-refractivity contribution >= 4 is 17.7 Å². The monoisotopic (exact) mass is 265 g/mol. The summed E-state index contributed by atoms with van der Waals surface area (Å²) in [5, 5.41) is 9.37. The van der Waals surface area contributed by atoms with Gasteiger partial charge >= 0.3 is 0 Å². The van der Waals surface area contributed by atoms with Crippen LogP contribution >= 0.6 is 11.8 Å². The molecule has 1 amide bonds. The van der Waals surface area contributed by atoms with Crippen LogP contribution in [0.1, 0.15) is 12.0 Å². The van der Waals surface area contributed by atoms with Crippen molar-refractivity contribution in [3.8, 4) is 0 Å². The summed E-state index contributed by atoms with van der Waals surface area (Å²) in [4.78, 5) is 13.6. The summed E-state index contributed by atoms with van der Waals surface area (Å²) in [6, 6.07) is 10.3. The van der Waals surface area contributed by atoms with Crippen LogP contribution in [-0.4, -0.2) is 46.6 Å². The molecule has 2 rings (SSSR count). The summed E-state index contributed by atoms with van der Waals surface area (Å²) >= 11 is 1.67. The highest BCUT2D eigenvalue weighted by molar-refractivity contribution is 7.99. The Morgan fingerprint density at radius 1 is 1.39 bits per heavy atom. The van der Waals surface area contributed by atoms with Crippen LogP contribution in [0.5, 0.6) is 0 Å². The quantitative estimate of drug-likeness (QED) is 0.821. The molecule has 1 aliphatic heterocycles. The molecule has 98 valence electrons. The van der Waals surface area contributed by atoms with Gasteiger partial charge in [0.25, 0.3) is 0 Å². The third-order valence-electron chi connectivity index (χ3n) is 3.12. The Morgan fingerprint density at radius 3 is 2.83 bits per heavy atom. The zero-order chi connectivity index (χ0) is 12.8. The van der Waals surface area contributed by atoms with E-state index in [9.17, 15) is 9.90 Å². The first-order valence-corrected chi connectivity index (χ1v) is 7.48. The van der Waals surface area contributed by atoms with Crippen molar-refractivity contribution in [1.29, 1.82) is 0 Å². The molecular formula is C14H19NO2S. The normalized spacial score (nSPS) is 19.2. The number of thioether (sulfide) groups is 1. The maximum absolute atomic E-state index is 11.8. The average Bonchev–Trinajstić information content (AvgIpc) is 2.82. The molecule has 1 heterocycles. The first-order chi connectivity index (χ1) is 8.75. The number of rotatable bonds is 5. The molecule has 4 heteroatoms. The molecule has 0 spiro atoms. The molecule has 1 saturated heterocycles. The van der Waals surface area contributed by atoms with Crippen molar-refractivity contribution in [2.45, 2.75) is 18.9 Å². The lowest BCUT2D eigenvalue weighted by Gasteiger charge is -2.14. The van der Waals surface area contributed by atoms with Gasteiger partial charge in [-0.1, -0.05) is 30.3 Å². The van der Waals surface area contributed by atoms with Gasteiger partial charge in [-0.25, -0.2) is 0 Å². The predicted molar refractivity (Wildman–Crippen MR) is 74.7 cm³/mol. The van der Waals surface area contributed by atoms with Gasteiger partial charge in [-0.2, -0.15) is 11.8 Å². The summed E-state index contributed by atoms with van der Waals surface area (Å²) in [6.45, 7) is 1.22. The van der Waals surface area contributed by atoms with E-state index in [0.29, 0.717) is 18.8 Å². The van der Waals surface area contributed by atoms with Crippen LogP contribution in [0.4, 0.5) is 0 Å². The fourth-order valence-electron chi connectivity index (χ4n) is 2.05. The highest BCUT2D eigenvalue weighted by Gasteiger charge is 2.23. The standard InChI is InChI=1S/C14H19NO2S/c16-13-6-8-15(10-13)14(17)11-18-9-7-12-4-2-1-3-5-12/h1-5,13,16H,6-11H2/t13-/m0/s1. The third kappa shape index (κ3) is 4.03. The number of aryl methyl sites for hydroxylation is 1. The molecule has 0 radical (unpaired) electrons. The largest absolute Gasteiger partial charge is 0.391 e. The fraction of sp³-hybridized carbons (Fsp3) is 0.500. The Bertz CT molecular complexity index is 383. The number of hydrogen-bond donors (Lipinski definition) is 1. The van der Waals surface area contributed by atoms with E-state index in [2.05, 4.69) is 12.1 Å². The Morgan fingerprint density at radius 2 is 2.17 bits per heavy atom. The van der Waals surface area contributed by atoms with E-state index >= 15 is 0 Å². The maximum atomic E-state index is 11.8. The van der Waals surface area contributed by atoms with Gasteiger partial charge in [0.15, 0.2) is 0 Å². The fourth-order valence-corrected chi connectivity index (χ4v) is 2.94. The summed E-state index contributed by atoms with van der Waals surface area (Å²) in [5.74, 6) is 1.65. The molecule has 1 fully saturated rings. The van der Waals surface area contributed by atoms with Crippen LogP contribution < -0.4 is 0 Å². The SMILES string of the molecule is O=C(CSCCc1ccccc1)N1CC[C@H](O)C1. The van der Waals surface area contributed by atoms with Gasteiger partial charge in [-0.05, 0) is 24.2 Å². The minimum atomic E-state index is -0.316. The van der Waals surface area contributed by atoms with Crippen molar-refractivity contribution in [2.75, 3.05) is 24.6 Å². The van der Waals surface area contributed by atoms with Gasteiger partial charge in [0, 0.05) is 13.1 Å². The molecule has 0 saturated carbocycles. The Labute approximate surface area is 112 Å². The first-order valence-electron chi connectivity index (χ1n) is 6.33. The van der Waals surface area contributed by atoms with Crippen molar-refractivity contribution in [3.63, 3.8) is 0 Å². The minimum absolute atomic E-state index is 0.157. The van der Waals surface area contributed by atoms with E-state index in [-0.39, 0.29) is 12.0 Å². The van der Waals surface area contributed by atoms with Crippen LogP contribution in [-0.2, 0) is 11.2 Å². The van der Waals surface area contributed by atoms with Crippen molar-refractivity contribution in [1.82, 2.24) is 4.90 Å². The molecule has 3 nitrogen and oxygen atoms in total. The molecule has 0 unspecified atom stereocenters. The predicted octanol–water partition coefficient (Wildman–Crippen LogP) is 1.56. The molecule has 1 atom stereocenters. The van der Waals surface area contributed by atoms with Crippen LogP contribution in [0.15, 0.2) is 30.3 Å². The van der Waals surface area contributed by atoms with Crippen molar-refractivity contribution in [3.05, 3.63) is 35.9 Å². The molecule has 0 bridgehead atoms. The molecule has 0 aromatic heterocycles. The lowest BCUT2D eigenvalue weighted by atomic mass is 10.2. The molecular weight excluding hydrogens is 246 g/mol. The van der Waals surface area contributed by atoms with Crippen LogP contribution in [0.3, 0.4) is 0 Å². The molecule has 0 aliphatic carbocycles.